The van der Waals surface area contributed by atoms with Crippen LogP contribution in [0.25, 0.3) is 0 Å². The third-order valence-corrected chi connectivity index (χ3v) is 4.40. The van der Waals surface area contributed by atoms with E-state index in [0.29, 0.717) is 19.3 Å². The van der Waals surface area contributed by atoms with Crippen molar-refractivity contribution in [1.29, 1.82) is 0 Å². The van der Waals surface area contributed by atoms with Crippen LogP contribution in [0.3, 0.4) is 0 Å². The topological polar surface area (TPSA) is 64.1 Å². The fraction of sp³-hybridized carbons (Fsp3) is 0.667. The van der Waals surface area contributed by atoms with E-state index >= 15 is 0 Å². The minimum atomic E-state index is 0. The van der Waals surface area contributed by atoms with Crippen molar-refractivity contribution in [3.05, 3.63) is 23.8 Å². The number of rotatable bonds is 11. The van der Waals surface area contributed by atoms with Crippen LogP contribution in [0.2, 0.25) is 0 Å². The predicted octanol–water partition coefficient (Wildman–Crippen LogP) is 3.77. The standard InChI is InChI=1S/C21H35N3O3.HI/c1-4-22-21(24-14-12-18-8-7-15-27-18)23-13-11-17-9-10-19(25-5-2)20(16-17)26-6-3;/h9-10,16,18H,4-8,11-15H2,1-3H3,(H2,22,23,24);1H. The number of ether oxygens (including phenoxy) is 3. The Morgan fingerprint density at radius 3 is 2.61 bits per heavy atom. The molecule has 0 amide bonds. The van der Waals surface area contributed by atoms with Gasteiger partial charge in [0.1, 0.15) is 0 Å². The summed E-state index contributed by atoms with van der Waals surface area (Å²) < 4.78 is 17.0. The van der Waals surface area contributed by atoms with Gasteiger partial charge in [0.15, 0.2) is 17.5 Å². The van der Waals surface area contributed by atoms with Gasteiger partial charge in [0, 0.05) is 26.2 Å². The van der Waals surface area contributed by atoms with Crippen molar-refractivity contribution in [1.82, 2.24) is 10.6 Å². The number of benzene rings is 1. The van der Waals surface area contributed by atoms with Crippen LogP contribution in [0.1, 0.15) is 45.6 Å². The highest BCUT2D eigenvalue weighted by atomic mass is 127. The molecule has 2 rings (SSSR count). The van der Waals surface area contributed by atoms with E-state index in [9.17, 15) is 0 Å². The first-order chi connectivity index (χ1) is 13.3. The fourth-order valence-electron chi connectivity index (χ4n) is 3.11. The Morgan fingerprint density at radius 1 is 1.14 bits per heavy atom. The fourth-order valence-corrected chi connectivity index (χ4v) is 3.11. The van der Waals surface area contributed by atoms with Gasteiger partial charge in [0.05, 0.1) is 19.3 Å². The molecule has 0 saturated carbocycles. The predicted molar refractivity (Wildman–Crippen MR) is 125 cm³/mol. The molecular formula is C21H36IN3O3. The molecule has 0 radical (unpaired) electrons. The van der Waals surface area contributed by atoms with Gasteiger partial charge in [-0.15, -0.1) is 24.0 Å². The van der Waals surface area contributed by atoms with Crippen LogP contribution in [0.15, 0.2) is 23.2 Å². The van der Waals surface area contributed by atoms with Gasteiger partial charge < -0.3 is 24.8 Å². The van der Waals surface area contributed by atoms with Crippen LogP contribution in [-0.2, 0) is 11.2 Å². The maximum Gasteiger partial charge on any atom is 0.191 e. The summed E-state index contributed by atoms with van der Waals surface area (Å²) in [5.74, 6) is 2.49. The number of guanidine groups is 1. The van der Waals surface area contributed by atoms with Crippen molar-refractivity contribution in [2.75, 3.05) is 39.5 Å². The Morgan fingerprint density at radius 2 is 1.93 bits per heavy atom. The maximum atomic E-state index is 5.70. The number of nitrogens with one attached hydrogen (secondary N) is 2. The van der Waals surface area contributed by atoms with E-state index in [4.69, 9.17) is 14.2 Å². The van der Waals surface area contributed by atoms with E-state index in [2.05, 4.69) is 34.7 Å². The highest BCUT2D eigenvalue weighted by Crippen LogP contribution is 2.28. The molecule has 1 aromatic rings. The summed E-state index contributed by atoms with van der Waals surface area (Å²) >= 11 is 0. The lowest BCUT2D eigenvalue weighted by Gasteiger charge is -2.14. The molecule has 28 heavy (non-hydrogen) atoms. The largest absolute Gasteiger partial charge is 0.490 e. The molecule has 1 atom stereocenters. The molecule has 1 aromatic carbocycles. The first-order valence-electron chi connectivity index (χ1n) is 10.3. The van der Waals surface area contributed by atoms with Crippen LogP contribution >= 0.6 is 24.0 Å². The first kappa shape index (κ1) is 24.8. The molecule has 0 aliphatic carbocycles. The van der Waals surface area contributed by atoms with Gasteiger partial charge in [-0.1, -0.05) is 6.07 Å². The van der Waals surface area contributed by atoms with E-state index < -0.39 is 0 Å². The van der Waals surface area contributed by atoms with Crippen LogP contribution in [0.4, 0.5) is 0 Å². The molecule has 0 bridgehead atoms. The number of hydrogen-bond donors (Lipinski definition) is 2. The van der Waals surface area contributed by atoms with E-state index in [-0.39, 0.29) is 24.0 Å². The Labute approximate surface area is 186 Å². The van der Waals surface area contributed by atoms with Gasteiger partial charge in [-0.25, -0.2) is 0 Å². The molecule has 1 aliphatic rings. The molecule has 0 spiro atoms. The summed E-state index contributed by atoms with van der Waals surface area (Å²) in [6, 6.07) is 6.15. The Kier molecular flexibility index (Phi) is 13.1. The second kappa shape index (κ2) is 14.7. The van der Waals surface area contributed by atoms with Crippen molar-refractivity contribution in [3.63, 3.8) is 0 Å². The summed E-state index contributed by atoms with van der Waals surface area (Å²) in [6.45, 7) is 10.7. The molecule has 2 N–H and O–H groups in total. The quantitative estimate of drug-likeness (QED) is 0.273. The highest BCUT2D eigenvalue weighted by Gasteiger charge is 2.14. The number of hydrogen-bond acceptors (Lipinski definition) is 4. The average molecular weight is 505 g/mol. The van der Waals surface area contributed by atoms with Crippen LogP contribution < -0.4 is 20.1 Å². The molecule has 0 aromatic heterocycles. The third-order valence-electron chi connectivity index (χ3n) is 4.40. The number of halogens is 1. The summed E-state index contributed by atoms with van der Waals surface area (Å²) in [6.07, 6.45) is 4.62. The first-order valence-corrected chi connectivity index (χ1v) is 10.3. The maximum absolute atomic E-state index is 5.70. The number of nitrogens with zero attached hydrogens (tertiary/aromatic N) is 1. The van der Waals surface area contributed by atoms with Crippen molar-refractivity contribution in [2.45, 2.75) is 52.6 Å². The van der Waals surface area contributed by atoms with Gasteiger partial charge in [-0.3, -0.25) is 4.99 Å². The number of aliphatic imine (C=N–C) groups is 1. The van der Waals surface area contributed by atoms with Crippen molar-refractivity contribution < 1.29 is 14.2 Å². The molecule has 1 heterocycles. The van der Waals surface area contributed by atoms with E-state index in [1.807, 2.05) is 19.9 Å². The second-order valence-corrected chi connectivity index (χ2v) is 6.51. The molecule has 160 valence electrons. The Hall–Kier alpha value is -1.22. The van der Waals surface area contributed by atoms with E-state index in [1.54, 1.807) is 0 Å². The molecule has 1 saturated heterocycles. The molecule has 1 fully saturated rings. The van der Waals surface area contributed by atoms with E-state index in [0.717, 1.165) is 56.5 Å². The molecular weight excluding hydrogens is 469 g/mol. The second-order valence-electron chi connectivity index (χ2n) is 6.51. The lowest BCUT2D eigenvalue weighted by molar-refractivity contribution is 0.106. The van der Waals surface area contributed by atoms with Gasteiger partial charge in [0.2, 0.25) is 0 Å². The van der Waals surface area contributed by atoms with Gasteiger partial charge >= 0.3 is 0 Å². The zero-order valence-electron chi connectivity index (χ0n) is 17.5. The lowest BCUT2D eigenvalue weighted by Crippen LogP contribution is -2.38. The Balaban J connectivity index is 0.00000392. The summed E-state index contributed by atoms with van der Waals surface area (Å²) in [5.41, 5.74) is 1.21. The minimum Gasteiger partial charge on any atom is -0.490 e. The van der Waals surface area contributed by atoms with Gasteiger partial charge in [-0.05, 0) is 64.2 Å². The van der Waals surface area contributed by atoms with Crippen molar-refractivity contribution >= 4 is 29.9 Å². The lowest BCUT2D eigenvalue weighted by atomic mass is 10.1. The van der Waals surface area contributed by atoms with Crippen LogP contribution in [-0.4, -0.2) is 51.5 Å². The van der Waals surface area contributed by atoms with Gasteiger partial charge in [0.25, 0.3) is 0 Å². The Bertz CT molecular complexity index is 578. The SMILES string of the molecule is CCNC(=NCCC1CCCO1)NCCc1ccc(OCC)c(OCC)c1.I. The molecule has 6 nitrogen and oxygen atoms in total. The van der Waals surface area contributed by atoms with E-state index in [1.165, 1.54) is 18.4 Å². The normalized spacial score (nSPS) is 16.4. The summed E-state index contributed by atoms with van der Waals surface area (Å²) in [5, 5.41) is 6.72. The summed E-state index contributed by atoms with van der Waals surface area (Å²) in [7, 11) is 0. The van der Waals surface area contributed by atoms with Crippen LogP contribution in [0, 0.1) is 0 Å². The third kappa shape index (κ3) is 8.86. The highest BCUT2D eigenvalue weighted by molar-refractivity contribution is 14.0. The zero-order chi connectivity index (χ0) is 19.3. The van der Waals surface area contributed by atoms with Gasteiger partial charge in [-0.2, -0.15) is 0 Å². The zero-order valence-corrected chi connectivity index (χ0v) is 19.8. The molecule has 1 aliphatic heterocycles. The smallest absolute Gasteiger partial charge is 0.191 e. The van der Waals surface area contributed by atoms with Crippen molar-refractivity contribution in [2.24, 2.45) is 4.99 Å². The minimum absolute atomic E-state index is 0. The summed E-state index contributed by atoms with van der Waals surface area (Å²) in [4.78, 5) is 4.66. The van der Waals surface area contributed by atoms with Crippen molar-refractivity contribution in [3.8, 4) is 11.5 Å². The van der Waals surface area contributed by atoms with Crippen LogP contribution in [0.5, 0.6) is 11.5 Å². The monoisotopic (exact) mass is 505 g/mol. The molecule has 1 unspecified atom stereocenters. The average Bonchev–Trinajstić information content (AvgIpc) is 3.17. The molecule has 7 heteroatoms.